The molecular weight excluding hydrogens is 442 g/mol. The number of nitrogens with one attached hydrogen (secondary N) is 2. The molecule has 4 aromatic rings. The van der Waals surface area contributed by atoms with E-state index in [0.29, 0.717) is 6.54 Å². The highest BCUT2D eigenvalue weighted by Crippen LogP contribution is 2.34. The van der Waals surface area contributed by atoms with Gasteiger partial charge in [0.2, 0.25) is 5.91 Å². The summed E-state index contributed by atoms with van der Waals surface area (Å²) in [6, 6.07) is 28.0. The van der Waals surface area contributed by atoms with E-state index < -0.39 is 4.75 Å². The van der Waals surface area contributed by atoms with Crippen LogP contribution in [-0.4, -0.2) is 25.4 Å². The average molecular weight is 472 g/mol. The number of rotatable bonds is 9. The zero-order chi connectivity index (χ0) is 24.0. The molecule has 1 amide bonds. The first kappa shape index (κ1) is 23.6. The Labute approximate surface area is 204 Å². The van der Waals surface area contributed by atoms with Crippen molar-refractivity contribution in [3.05, 3.63) is 90.5 Å². The molecule has 2 N–H and O–H groups in total. The van der Waals surface area contributed by atoms with Crippen molar-refractivity contribution in [1.29, 1.82) is 0 Å². The molecule has 0 spiro atoms. The number of para-hydroxylation sites is 1. The zero-order valence-corrected chi connectivity index (χ0v) is 20.5. The van der Waals surface area contributed by atoms with Crippen molar-refractivity contribution < 1.29 is 4.79 Å². The summed E-state index contributed by atoms with van der Waals surface area (Å²) in [6.07, 6.45) is 0. The number of nitrogens with zero attached hydrogens (tertiary/aromatic N) is 3. The second-order valence-electron chi connectivity index (χ2n) is 8.40. The number of thioether (sulfide) groups is 1. The lowest BCUT2D eigenvalue weighted by molar-refractivity contribution is -0.117. The Hall–Kier alpha value is -3.58. The van der Waals surface area contributed by atoms with Gasteiger partial charge in [0, 0.05) is 30.0 Å². The van der Waals surface area contributed by atoms with Crippen molar-refractivity contribution in [2.75, 3.05) is 10.6 Å². The summed E-state index contributed by atoms with van der Waals surface area (Å²) in [6.45, 7) is 7.33. The van der Waals surface area contributed by atoms with Crippen LogP contribution in [0.1, 0.15) is 26.3 Å². The quantitative estimate of drug-likeness (QED) is 0.289. The maximum absolute atomic E-state index is 12.9. The van der Waals surface area contributed by atoms with Gasteiger partial charge in [-0.05, 0) is 62.7 Å². The fraction of sp³-hybridized carbons (Fsp3) is 0.222. The van der Waals surface area contributed by atoms with Gasteiger partial charge in [0.25, 0.3) is 0 Å². The predicted molar refractivity (Wildman–Crippen MR) is 140 cm³/mol. The van der Waals surface area contributed by atoms with Crippen molar-refractivity contribution in [3.63, 3.8) is 0 Å². The molecule has 34 heavy (non-hydrogen) atoms. The van der Waals surface area contributed by atoms with Gasteiger partial charge in [-0.3, -0.25) is 4.79 Å². The number of anilines is 2. The number of aromatic nitrogens is 3. The van der Waals surface area contributed by atoms with Gasteiger partial charge in [-0.2, -0.15) is 0 Å². The number of carbonyl (C=O) groups is 1. The number of carbonyl (C=O) groups excluding carboxylic acids is 1. The molecule has 0 aliphatic heterocycles. The van der Waals surface area contributed by atoms with Crippen molar-refractivity contribution >= 4 is 29.0 Å². The van der Waals surface area contributed by atoms with Crippen LogP contribution in [0.4, 0.5) is 11.4 Å². The molecule has 7 heteroatoms. The van der Waals surface area contributed by atoms with E-state index in [1.807, 2.05) is 74.5 Å². The van der Waals surface area contributed by atoms with Crippen LogP contribution >= 0.6 is 11.8 Å². The molecule has 0 aliphatic rings. The van der Waals surface area contributed by atoms with Gasteiger partial charge < -0.3 is 15.2 Å². The minimum atomic E-state index is -0.724. The summed E-state index contributed by atoms with van der Waals surface area (Å²) in [5.74, 6) is 0.712. The van der Waals surface area contributed by atoms with E-state index in [-0.39, 0.29) is 5.91 Å². The van der Waals surface area contributed by atoms with E-state index in [0.717, 1.165) is 34.5 Å². The fourth-order valence-corrected chi connectivity index (χ4v) is 4.49. The summed E-state index contributed by atoms with van der Waals surface area (Å²) < 4.78 is 1.33. The molecule has 0 radical (unpaired) electrons. The van der Waals surface area contributed by atoms with Crippen LogP contribution in [0.3, 0.4) is 0 Å². The largest absolute Gasteiger partial charge is 0.381 e. The molecule has 0 unspecified atom stereocenters. The van der Waals surface area contributed by atoms with Gasteiger partial charge in [0.15, 0.2) is 11.0 Å². The monoisotopic (exact) mass is 471 g/mol. The molecule has 0 atom stereocenters. The molecular formula is C27H29N5OS. The van der Waals surface area contributed by atoms with Crippen LogP contribution in [0, 0.1) is 0 Å². The summed E-state index contributed by atoms with van der Waals surface area (Å²) in [7, 11) is 0. The first-order valence-electron chi connectivity index (χ1n) is 11.3. The number of hydrogen-bond acceptors (Lipinski definition) is 5. The lowest BCUT2D eigenvalue weighted by atomic mass is 10.2. The molecule has 3 aromatic carbocycles. The van der Waals surface area contributed by atoms with Crippen LogP contribution in [-0.2, 0) is 17.9 Å². The fourth-order valence-electron chi connectivity index (χ4n) is 3.48. The molecule has 6 nitrogen and oxygen atoms in total. The highest BCUT2D eigenvalue weighted by molar-refractivity contribution is 8.01. The Kier molecular flexibility index (Phi) is 7.33. The number of hydrogen-bond donors (Lipinski definition) is 2. The maximum atomic E-state index is 12.9. The molecule has 0 fully saturated rings. The third-order valence-electron chi connectivity index (χ3n) is 5.44. The standard InChI is InChI=1S/C27H29N5OS/c1-4-32-24(21-15-17-22(18-16-21)28-19-20-11-7-5-8-12-20)30-31-26(32)34-27(2,3)25(33)29-23-13-9-6-10-14-23/h5-18,28H,4,19H2,1-3H3,(H,29,33). The number of amides is 1. The summed E-state index contributed by atoms with van der Waals surface area (Å²) in [4.78, 5) is 12.9. The van der Waals surface area contributed by atoms with Crippen LogP contribution < -0.4 is 10.6 Å². The van der Waals surface area contributed by atoms with Crippen molar-refractivity contribution in [1.82, 2.24) is 14.8 Å². The summed E-state index contributed by atoms with van der Waals surface area (Å²) in [5, 5.41) is 16.0. The summed E-state index contributed by atoms with van der Waals surface area (Å²) in [5.41, 5.74) is 4.04. The van der Waals surface area contributed by atoms with Crippen molar-refractivity contribution in [2.24, 2.45) is 0 Å². The van der Waals surface area contributed by atoms with E-state index in [4.69, 9.17) is 0 Å². The van der Waals surface area contributed by atoms with Crippen molar-refractivity contribution in [3.8, 4) is 11.4 Å². The third kappa shape index (κ3) is 5.66. The molecule has 1 aromatic heterocycles. The smallest absolute Gasteiger partial charge is 0.240 e. The lowest BCUT2D eigenvalue weighted by Gasteiger charge is -2.22. The summed E-state index contributed by atoms with van der Waals surface area (Å²) >= 11 is 1.41. The zero-order valence-electron chi connectivity index (χ0n) is 19.7. The van der Waals surface area contributed by atoms with Gasteiger partial charge in [-0.15, -0.1) is 10.2 Å². The highest BCUT2D eigenvalue weighted by atomic mass is 32.2. The first-order valence-corrected chi connectivity index (χ1v) is 12.1. The average Bonchev–Trinajstić information content (AvgIpc) is 3.26. The van der Waals surface area contributed by atoms with Crippen LogP contribution in [0.25, 0.3) is 11.4 Å². The van der Waals surface area contributed by atoms with Gasteiger partial charge in [0.1, 0.15) is 0 Å². The number of benzene rings is 3. The lowest BCUT2D eigenvalue weighted by Crippen LogP contribution is -2.34. The molecule has 0 saturated heterocycles. The maximum Gasteiger partial charge on any atom is 0.240 e. The molecule has 0 aliphatic carbocycles. The second kappa shape index (κ2) is 10.6. The Balaban J connectivity index is 1.45. The van der Waals surface area contributed by atoms with Crippen molar-refractivity contribution in [2.45, 2.75) is 43.8 Å². The first-order chi connectivity index (χ1) is 16.5. The minimum absolute atomic E-state index is 0.0789. The molecule has 0 saturated carbocycles. The van der Waals surface area contributed by atoms with E-state index in [2.05, 4.69) is 56.6 Å². The second-order valence-corrected chi connectivity index (χ2v) is 9.99. The minimum Gasteiger partial charge on any atom is -0.381 e. The van der Waals surface area contributed by atoms with E-state index in [1.165, 1.54) is 17.3 Å². The van der Waals surface area contributed by atoms with E-state index in [9.17, 15) is 4.79 Å². The van der Waals surface area contributed by atoms with Crippen LogP contribution in [0.15, 0.2) is 90.1 Å². The van der Waals surface area contributed by atoms with Gasteiger partial charge >= 0.3 is 0 Å². The molecule has 174 valence electrons. The Morgan fingerprint density at radius 3 is 2.18 bits per heavy atom. The van der Waals surface area contributed by atoms with E-state index in [1.54, 1.807) is 0 Å². The topological polar surface area (TPSA) is 71.8 Å². The van der Waals surface area contributed by atoms with Crippen LogP contribution in [0.2, 0.25) is 0 Å². The van der Waals surface area contributed by atoms with Gasteiger partial charge in [-0.1, -0.05) is 60.3 Å². The molecule has 0 bridgehead atoms. The Morgan fingerprint density at radius 2 is 1.53 bits per heavy atom. The normalized spacial score (nSPS) is 11.3. The Morgan fingerprint density at radius 1 is 0.882 bits per heavy atom. The SMILES string of the molecule is CCn1c(SC(C)(C)C(=O)Nc2ccccc2)nnc1-c1ccc(NCc2ccccc2)cc1. The third-order valence-corrected chi connectivity index (χ3v) is 6.62. The van der Waals surface area contributed by atoms with Gasteiger partial charge in [-0.25, -0.2) is 0 Å². The van der Waals surface area contributed by atoms with Crippen LogP contribution in [0.5, 0.6) is 0 Å². The van der Waals surface area contributed by atoms with E-state index >= 15 is 0 Å². The molecule has 4 rings (SSSR count). The van der Waals surface area contributed by atoms with Gasteiger partial charge in [0.05, 0.1) is 4.75 Å². The molecule has 1 heterocycles. The predicted octanol–water partition coefficient (Wildman–Crippen LogP) is 6.09. The highest BCUT2D eigenvalue weighted by Gasteiger charge is 2.32. The Bertz CT molecular complexity index is 1220.